The molecule has 1 heterocycles. The Hall–Kier alpha value is -0.550. The molecule has 0 amide bonds. The highest BCUT2D eigenvalue weighted by Gasteiger charge is 2.15. The zero-order valence-electron chi connectivity index (χ0n) is 6.22. The second-order valence-electron chi connectivity index (χ2n) is 2.41. The van der Waals surface area contributed by atoms with Crippen LogP contribution in [0.2, 0.25) is 0 Å². The summed E-state index contributed by atoms with van der Waals surface area (Å²) in [4.78, 5) is 4.01. The molecule has 1 nitrogen and oxygen atoms in total. The topological polar surface area (TPSA) is 12.9 Å². The molecular weight excluding hydrogens is 260 g/mol. The highest BCUT2D eigenvalue weighted by Crippen LogP contribution is 2.31. The average Bonchev–Trinajstić information content (AvgIpc) is 2.48. The highest BCUT2D eigenvalue weighted by atomic mass is 79.9. The van der Waals surface area contributed by atoms with E-state index in [0.717, 1.165) is 10.2 Å². The molecule has 0 saturated heterocycles. The molecule has 0 aliphatic heterocycles. The molecule has 13 heavy (non-hydrogen) atoms. The monoisotopic (exact) mass is 262 g/mol. The van der Waals surface area contributed by atoms with Gasteiger partial charge in [0.05, 0.1) is 15.7 Å². The summed E-state index contributed by atoms with van der Waals surface area (Å²) in [5.74, 6) is 0. The number of rotatable bonds is 1. The van der Waals surface area contributed by atoms with Crippen LogP contribution in [0.25, 0.3) is 10.2 Å². The molecule has 0 aliphatic rings. The molecule has 0 atom stereocenters. The van der Waals surface area contributed by atoms with E-state index in [1.165, 1.54) is 17.4 Å². The number of benzene rings is 1. The molecule has 0 saturated carbocycles. The first-order valence-electron chi connectivity index (χ1n) is 3.39. The summed E-state index contributed by atoms with van der Waals surface area (Å²) in [7, 11) is 0. The van der Waals surface area contributed by atoms with E-state index in [9.17, 15) is 8.78 Å². The second-order valence-corrected chi connectivity index (χ2v) is 4.15. The summed E-state index contributed by atoms with van der Waals surface area (Å²) in [5.41, 5.74) is 2.32. The van der Waals surface area contributed by atoms with E-state index in [2.05, 4.69) is 20.9 Å². The maximum absolute atomic E-state index is 12.3. The molecule has 1 aromatic heterocycles. The Morgan fingerprint density at radius 2 is 2.15 bits per heavy atom. The third-order valence-electron chi connectivity index (χ3n) is 1.62. The molecule has 2 aromatic rings. The van der Waals surface area contributed by atoms with E-state index in [1.807, 2.05) is 0 Å². The van der Waals surface area contributed by atoms with Crippen molar-refractivity contribution in [3.05, 3.63) is 34.1 Å². The summed E-state index contributed by atoms with van der Waals surface area (Å²) >= 11 is 4.42. The summed E-state index contributed by atoms with van der Waals surface area (Å²) in [6.45, 7) is 0. The fourth-order valence-electron chi connectivity index (χ4n) is 1.02. The van der Waals surface area contributed by atoms with Gasteiger partial charge in [-0.3, -0.25) is 0 Å². The van der Waals surface area contributed by atoms with Gasteiger partial charge in [0.2, 0.25) is 0 Å². The molecule has 67 valence electrons. The van der Waals surface area contributed by atoms with Crippen LogP contribution in [0.4, 0.5) is 8.78 Å². The lowest BCUT2D eigenvalue weighted by molar-refractivity contribution is 0.324. The third-order valence-corrected chi connectivity index (χ3v) is 3.07. The molecule has 1 radical (unpaired) electrons. The first-order chi connectivity index (χ1) is 6.18. The van der Waals surface area contributed by atoms with Gasteiger partial charge in [0, 0.05) is 10.0 Å². The van der Waals surface area contributed by atoms with Gasteiger partial charge in [-0.25, -0.2) is 4.98 Å². The van der Waals surface area contributed by atoms with Crippen LogP contribution in [0, 0.1) is 6.43 Å². The van der Waals surface area contributed by atoms with E-state index in [4.69, 9.17) is 0 Å². The molecule has 5 heteroatoms. The van der Waals surface area contributed by atoms with Crippen molar-refractivity contribution in [2.24, 2.45) is 0 Å². The maximum Gasteiger partial charge on any atom is 0.340 e. The number of thiazole rings is 1. The molecule has 0 N–H and O–H groups in total. The van der Waals surface area contributed by atoms with Gasteiger partial charge in [0.25, 0.3) is 0 Å². The Kier molecular flexibility index (Phi) is 2.29. The lowest BCUT2D eigenvalue weighted by atomic mass is 10.2. The van der Waals surface area contributed by atoms with Crippen molar-refractivity contribution in [1.29, 1.82) is 0 Å². The molecule has 0 aliphatic carbocycles. The van der Waals surface area contributed by atoms with Crippen LogP contribution < -0.4 is 0 Å². The van der Waals surface area contributed by atoms with Gasteiger partial charge >= 0.3 is 6.43 Å². The van der Waals surface area contributed by atoms with Crippen LogP contribution in [0.3, 0.4) is 0 Å². The Balaban J connectivity index is 2.69. The van der Waals surface area contributed by atoms with Gasteiger partial charge in [-0.05, 0) is 12.1 Å². The van der Waals surface area contributed by atoms with Crippen LogP contribution in [-0.2, 0) is 0 Å². The van der Waals surface area contributed by atoms with Gasteiger partial charge in [-0.15, -0.1) is 11.3 Å². The lowest BCUT2D eigenvalue weighted by Crippen LogP contribution is -1.86. The lowest BCUT2D eigenvalue weighted by Gasteiger charge is -2.00. The minimum atomic E-state index is -1.68. The number of fused-ring (bicyclic) bond motifs is 1. The smallest absolute Gasteiger partial charge is 0.245 e. The molecule has 0 unspecified atom stereocenters. The van der Waals surface area contributed by atoms with Crippen molar-refractivity contribution in [3.8, 4) is 0 Å². The van der Waals surface area contributed by atoms with Crippen LogP contribution >= 0.6 is 27.3 Å². The summed E-state index contributed by atoms with van der Waals surface area (Å²) in [6, 6.07) is 3.03. The Morgan fingerprint density at radius 3 is 2.85 bits per heavy atom. The molecular formula is C8H3BrF2NS. The van der Waals surface area contributed by atoms with Crippen molar-refractivity contribution in [2.45, 2.75) is 0 Å². The minimum Gasteiger partial charge on any atom is -0.245 e. The Bertz CT molecular complexity index is 441. The number of hydrogen-bond acceptors (Lipinski definition) is 2. The number of aromatic nitrogens is 1. The molecule has 0 spiro atoms. The number of nitrogens with zero attached hydrogens (tertiary/aromatic N) is 1. The summed E-state index contributed by atoms with van der Waals surface area (Å²) in [6.07, 6.45) is -1.68. The van der Waals surface area contributed by atoms with Gasteiger partial charge in [-0.1, -0.05) is 15.9 Å². The van der Waals surface area contributed by atoms with Gasteiger partial charge in [-0.2, -0.15) is 8.78 Å². The SMILES string of the molecule is F[C](F)c1cc2scnc2cc1Br. The average molecular weight is 263 g/mol. The zero-order valence-corrected chi connectivity index (χ0v) is 8.62. The van der Waals surface area contributed by atoms with E-state index in [1.54, 1.807) is 11.6 Å². The van der Waals surface area contributed by atoms with Gasteiger partial charge < -0.3 is 0 Å². The van der Waals surface area contributed by atoms with Crippen molar-refractivity contribution < 1.29 is 8.78 Å². The third kappa shape index (κ3) is 1.58. The van der Waals surface area contributed by atoms with E-state index in [0.29, 0.717) is 4.47 Å². The minimum absolute atomic E-state index is 0.0586. The second kappa shape index (κ2) is 3.31. The van der Waals surface area contributed by atoms with Crippen molar-refractivity contribution in [1.82, 2.24) is 4.98 Å². The summed E-state index contributed by atoms with van der Waals surface area (Å²) < 4.78 is 25.8. The molecule has 0 bridgehead atoms. The van der Waals surface area contributed by atoms with E-state index >= 15 is 0 Å². The fourth-order valence-corrected chi connectivity index (χ4v) is 2.20. The quantitative estimate of drug-likeness (QED) is 0.761. The van der Waals surface area contributed by atoms with Crippen LogP contribution in [0.5, 0.6) is 0 Å². The van der Waals surface area contributed by atoms with Crippen LogP contribution in [0.1, 0.15) is 5.56 Å². The number of hydrogen-bond donors (Lipinski definition) is 0. The predicted octanol–water partition coefficient (Wildman–Crippen LogP) is 3.84. The normalized spacial score (nSPS) is 11.4. The van der Waals surface area contributed by atoms with Crippen molar-refractivity contribution in [2.75, 3.05) is 0 Å². The first kappa shape index (κ1) is 9.02. The maximum atomic E-state index is 12.3. The molecule has 1 aromatic carbocycles. The summed E-state index contributed by atoms with van der Waals surface area (Å²) in [5, 5.41) is 0. The van der Waals surface area contributed by atoms with Crippen molar-refractivity contribution >= 4 is 37.5 Å². The Labute approximate surface area is 85.5 Å². The van der Waals surface area contributed by atoms with Crippen LogP contribution in [0.15, 0.2) is 22.1 Å². The van der Waals surface area contributed by atoms with Gasteiger partial charge in [0.15, 0.2) is 0 Å². The van der Waals surface area contributed by atoms with Gasteiger partial charge in [0.1, 0.15) is 0 Å². The predicted molar refractivity (Wildman–Crippen MR) is 51.9 cm³/mol. The largest absolute Gasteiger partial charge is 0.340 e. The molecule has 0 fully saturated rings. The van der Waals surface area contributed by atoms with Crippen molar-refractivity contribution in [3.63, 3.8) is 0 Å². The highest BCUT2D eigenvalue weighted by molar-refractivity contribution is 9.10. The van der Waals surface area contributed by atoms with Crippen LogP contribution in [-0.4, -0.2) is 4.98 Å². The first-order valence-corrected chi connectivity index (χ1v) is 5.07. The zero-order chi connectivity index (χ0) is 9.42. The van der Waals surface area contributed by atoms with E-state index < -0.39 is 6.43 Å². The fraction of sp³-hybridized carbons (Fsp3) is 0. The Morgan fingerprint density at radius 1 is 1.38 bits per heavy atom. The number of halogens is 3. The molecule has 2 rings (SSSR count). The van der Waals surface area contributed by atoms with E-state index in [-0.39, 0.29) is 5.56 Å². The standard InChI is InChI=1S/C8H3BrF2NS/c9-5-2-6-7(13-3-12-6)1-4(5)8(10)11/h1-3H.